The quantitative estimate of drug-likeness (QED) is 0.873. The minimum absolute atomic E-state index is 0.117. The first kappa shape index (κ1) is 16.3. The van der Waals surface area contributed by atoms with E-state index in [1.165, 1.54) is 4.90 Å². The summed E-state index contributed by atoms with van der Waals surface area (Å²) in [6, 6.07) is 7.08. The minimum atomic E-state index is -0.863. The van der Waals surface area contributed by atoms with Gasteiger partial charge in [0.15, 0.2) is 6.61 Å². The molecule has 2 saturated heterocycles. The lowest BCUT2D eigenvalue weighted by Gasteiger charge is -2.17. The van der Waals surface area contributed by atoms with Crippen LogP contribution in [-0.2, 0) is 14.4 Å². The number of carbonyl (C=O) groups excluding carboxylic acids is 2. The summed E-state index contributed by atoms with van der Waals surface area (Å²) in [6.07, 6.45) is 1.94. The first-order valence-corrected chi connectivity index (χ1v) is 8.08. The van der Waals surface area contributed by atoms with E-state index in [0.29, 0.717) is 25.1 Å². The predicted octanol–water partition coefficient (Wildman–Crippen LogP) is 1.13. The molecule has 0 saturated carbocycles. The normalized spacial score (nSPS) is 20.5. The van der Waals surface area contributed by atoms with Crippen LogP contribution in [-0.4, -0.2) is 54.0 Å². The molecule has 0 bridgehead atoms. The lowest BCUT2D eigenvalue weighted by Crippen LogP contribution is -2.33. The first-order chi connectivity index (χ1) is 11.5. The fourth-order valence-electron chi connectivity index (χ4n) is 3.07. The van der Waals surface area contributed by atoms with Gasteiger partial charge < -0.3 is 19.6 Å². The molecule has 128 valence electrons. The highest BCUT2D eigenvalue weighted by molar-refractivity contribution is 5.95. The highest BCUT2D eigenvalue weighted by Crippen LogP contribution is 2.24. The fourth-order valence-corrected chi connectivity index (χ4v) is 3.07. The van der Waals surface area contributed by atoms with Crippen molar-refractivity contribution in [1.82, 2.24) is 4.90 Å². The van der Waals surface area contributed by atoms with Gasteiger partial charge in [-0.25, -0.2) is 0 Å². The molecule has 1 aromatic rings. The largest absolute Gasteiger partial charge is 0.484 e. The highest BCUT2D eigenvalue weighted by atomic mass is 16.5. The third-order valence-electron chi connectivity index (χ3n) is 4.47. The summed E-state index contributed by atoms with van der Waals surface area (Å²) in [5.41, 5.74) is 0.833. The van der Waals surface area contributed by atoms with Crippen LogP contribution in [0.3, 0.4) is 0 Å². The van der Waals surface area contributed by atoms with Crippen LogP contribution in [0.15, 0.2) is 24.3 Å². The number of hydrogen-bond acceptors (Lipinski definition) is 4. The summed E-state index contributed by atoms with van der Waals surface area (Å²) in [5.74, 6) is -0.879. The van der Waals surface area contributed by atoms with Crippen molar-refractivity contribution < 1.29 is 24.2 Å². The number of anilines is 1. The zero-order valence-electron chi connectivity index (χ0n) is 13.3. The standard InChI is InChI=1S/C17H20N2O5/c20-15-2-1-8-19(15)13-3-5-14(6-4-13)24-11-16(21)18-9-7-12(10-18)17(22)23/h3-6,12H,1-2,7-11H2,(H,22,23)/t12-/m0/s1. The average molecular weight is 332 g/mol. The van der Waals surface area contributed by atoms with Gasteiger partial charge in [-0.05, 0) is 37.1 Å². The number of nitrogens with zero attached hydrogens (tertiary/aromatic N) is 2. The van der Waals surface area contributed by atoms with E-state index in [1.807, 2.05) is 0 Å². The second-order valence-corrected chi connectivity index (χ2v) is 6.10. The van der Waals surface area contributed by atoms with Gasteiger partial charge in [-0.15, -0.1) is 0 Å². The maximum absolute atomic E-state index is 12.1. The van der Waals surface area contributed by atoms with Crippen LogP contribution in [0.5, 0.6) is 5.75 Å². The van der Waals surface area contributed by atoms with E-state index in [4.69, 9.17) is 9.84 Å². The number of carbonyl (C=O) groups is 3. The molecule has 7 heteroatoms. The maximum atomic E-state index is 12.1. The van der Waals surface area contributed by atoms with E-state index >= 15 is 0 Å². The molecular formula is C17H20N2O5. The van der Waals surface area contributed by atoms with Crippen LogP contribution in [0.2, 0.25) is 0 Å². The van der Waals surface area contributed by atoms with Gasteiger partial charge in [0.05, 0.1) is 5.92 Å². The van der Waals surface area contributed by atoms with E-state index in [0.717, 1.165) is 18.7 Å². The molecule has 7 nitrogen and oxygen atoms in total. The van der Waals surface area contributed by atoms with E-state index in [1.54, 1.807) is 29.2 Å². The number of likely N-dealkylation sites (tertiary alicyclic amines) is 1. The number of rotatable bonds is 5. The van der Waals surface area contributed by atoms with Crippen molar-refractivity contribution in [3.05, 3.63) is 24.3 Å². The second-order valence-electron chi connectivity index (χ2n) is 6.10. The molecule has 0 aliphatic carbocycles. The lowest BCUT2D eigenvalue weighted by atomic mass is 10.1. The molecule has 0 aromatic heterocycles. The maximum Gasteiger partial charge on any atom is 0.308 e. The van der Waals surface area contributed by atoms with Crippen molar-refractivity contribution in [3.8, 4) is 5.75 Å². The fraction of sp³-hybridized carbons (Fsp3) is 0.471. The van der Waals surface area contributed by atoms with Gasteiger partial charge in [0, 0.05) is 31.7 Å². The van der Waals surface area contributed by atoms with Crippen LogP contribution in [0, 0.1) is 5.92 Å². The molecule has 0 spiro atoms. The Kier molecular flexibility index (Phi) is 4.69. The summed E-state index contributed by atoms with van der Waals surface area (Å²) < 4.78 is 5.48. The Labute approximate surface area is 139 Å². The summed E-state index contributed by atoms with van der Waals surface area (Å²) in [7, 11) is 0. The number of carboxylic acid groups (broad SMARTS) is 1. The van der Waals surface area contributed by atoms with E-state index in [2.05, 4.69) is 0 Å². The third-order valence-corrected chi connectivity index (χ3v) is 4.47. The molecule has 2 heterocycles. The number of ether oxygens (including phenoxy) is 1. The number of aliphatic carboxylic acids is 1. The molecule has 2 aliphatic heterocycles. The van der Waals surface area contributed by atoms with Crippen LogP contribution in [0.1, 0.15) is 19.3 Å². The van der Waals surface area contributed by atoms with E-state index in [9.17, 15) is 14.4 Å². The van der Waals surface area contributed by atoms with E-state index in [-0.39, 0.29) is 25.0 Å². The monoisotopic (exact) mass is 332 g/mol. The SMILES string of the molecule is O=C(O)[C@H]1CCN(C(=O)COc2ccc(N3CCCC3=O)cc2)C1. The van der Waals surface area contributed by atoms with Crippen LogP contribution in [0.4, 0.5) is 5.69 Å². The smallest absolute Gasteiger partial charge is 0.308 e. The summed E-state index contributed by atoms with van der Waals surface area (Å²) in [5, 5.41) is 8.96. The third kappa shape index (κ3) is 3.50. The molecule has 1 aromatic carbocycles. The van der Waals surface area contributed by atoms with Crippen LogP contribution < -0.4 is 9.64 Å². The van der Waals surface area contributed by atoms with Crippen molar-refractivity contribution in [1.29, 1.82) is 0 Å². The van der Waals surface area contributed by atoms with Gasteiger partial charge in [0.25, 0.3) is 5.91 Å². The van der Waals surface area contributed by atoms with Crippen molar-refractivity contribution >= 4 is 23.5 Å². The Morgan fingerprint density at radius 2 is 1.96 bits per heavy atom. The van der Waals surface area contributed by atoms with Crippen molar-refractivity contribution in [2.45, 2.75) is 19.3 Å². The lowest BCUT2D eigenvalue weighted by molar-refractivity contribution is -0.141. The molecule has 1 atom stereocenters. The summed E-state index contributed by atoms with van der Waals surface area (Å²) in [4.78, 5) is 37.9. The summed E-state index contributed by atoms with van der Waals surface area (Å²) >= 11 is 0. The van der Waals surface area contributed by atoms with Gasteiger partial charge in [0.2, 0.25) is 5.91 Å². The Balaban J connectivity index is 1.51. The van der Waals surface area contributed by atoms with Crippen LogP contribution >= 0.6 is 0 Å². The molecule has 2 fully saturated rings. The molecule has 0 unspecified atom stereocenters. The Bertz CT molecular complexity index is 643. The van der Waals surface area contributed by atoms with E-state index < -0.39 is 11.9 Å². The zero-order valence-corrected chi connectivity index (χ0v) is 13.3. The van der Waals surface area contributed by atoms with Gasteiger partial charge >= 0.3 is 5.97 Å². The Hall–Kier alpha value is -2.57. The predicted molar refractivity (Wildman–Crippen MR) is 85.8 cm³/mol. The van der Waals surface area contributed by atoms with Crippen molar-refractivity contribution in [3.63, 3.8) is 0 Å². The molecule has 3 rings (SSSR count). The molecule has 24 heavy (non-hydrogen) atoms. The van der Waals surface area contributed by atoms with Crippen molar-refractivity contribution in [2.24, 2.45) is 5.92 Å². The molecule has 0 radical (unpaired) electrons. The Morgan fingerprint density at radius 1 is 1.21 bits per heavy atom. The van der Waals surface area contributed by atoms with Gasteiger partial charge in [-0.3, -0.25) is 14.4 Å². The topological polar surface area (TPSA) is 87.2 Å². The zero-order chi connectivity index (χ0) is 17.1. The molecule has 1 N–H and O–H groups in total. The number of hydrogen-bond donors (Lipinski definition) is 1. The van der Waals surface area contributed by atoms with Crippen molar-refractivity contribution in [2.75, 3.05) is 31.1 Å². The highest BCUT2D eigenvalue weighted by Gasteiger charge is 2.30. The average Bonchev–Trinajstić information content (AvgIpc) is 3.22. The minimum Gasteiger partial charge on any atom is -0.484 e. The molecular weight excluding hydrogens is 312 g/mol. The Morgan fingerprint density at radius 3 is 2.54 bits per heavy atom. The van der Waals surface area contributed by atoms with Gasteiger partial charge in [-0.2, -0.15) is 0 Å². The van der Waals surface area contributed by atoms with Crippen LogP contribution in [0.25, 0.3) is 0 Å². The molecule has 2 aliphatic rings. The summed E-state index contributed by atoms with van der Waals surface area (Å²) in [6.45, 7) is 1.31. The second kappa shape index (κ2) is 6.90. The number of benzene rings is 1. The van der Waals surface area contributed by atoms with Gasteiger partial charge in [0.1, 0.15) is 5.75 Å². The number of amides is 2. The van der Waals surface area contributed by atoms with Gasteiger partial charge in [-0.1, -0.05) is 0 Å². The first-order valence-electron chi connectivity index (χ1n) is 8.08. The number of carboxylic acids is 1. The molecule has 2 amide bonds.